The summed E-state index contributed by atoms with van der Waals surface area (Å²) in [5, 5.41) is 9.51. The van der Waals surface area contributed by atoms with Crippen LogP contribution in [-0.4, -0.2) is 22.2 Å². The number of nitrogens with two attached hydrogens (primary N) is 1. The van der Waals surface area contributed by atoms with Crippen molar-refractivity contribution < 1.29 is 15.6 Å². The van der Waals surface area contributed by atoms with Crippen molar-refractivity contribution in [1.29, 1.82) is 0 Å². The number of carbonyl (C=O) groups is 1. The zero-order valence-electron chi connectivity index (χ0n) is 14.1. The molecule has 4 heteroatoms. The number of quaternary nitrogens is 1. The Hall–Kier alpha value is -0.610. The van der Waals surface area contributed by atoms with Gasteiger partial charge in [0.25, 0.3) is 0 Å². The van der Waals surface area contributed by atoms with Crippen LogP contribution in [0.1, 0.15) is 62.3 Å². The maximum Gasteiger partial charge on any atom is 0.365 e. The molecule has 0 bridgehead atoms. The van der Waals surface area contributed by atoms with E-state index in [9.17, 15) is 9.90 Å². The van der Waals surface area contributed by atoms with Crippen LogP contribution in [0.4, 0.5) is 0 Å². The van der Waals surface area contributed by atoms with Crippen LogP contribution in [0.25, 0.3) is 0 Å². The summed E-state index contributed by atoms with van der Waals surface area (Å²) >= 11 is 0. The molecule has 114 valence electrons. The second-order valence-electron chi connectivity index (χ2n) is 8.23. The highest BCUT2D eigenvalue weighted by molar-refractivity contribution is 5.77. The van der Waals surface area contributed by atoms with Crippen molar-refractivity contribution in [2.24, 2.45) is 22.0 Å². The van der Waals surface area contributed by atoms with Crippen molar-refractivity contribution in [3.8, 4) is 0 Å². The molecule has 0 aromatic heterocycles. The second kappa shape index (κ2) is 4.45. The first-order valence-corrected chi connectivity index (χ1v) is 6.82. The van der Waals surface area contributed by atoms with E-state index in [1.165, 1.54) is 0 Å². The number of rotatable bonds is 5. The van der Waals surface area contributed by atoms with Gasteiger partial charge in [-0.3, -0.25) is 0 Å². The predicted octanol–water partition coefficient (Wildman–Crippen LogP) is 1.89. The van der Waals surface area contributed by atoms with Gasteiger partial charge in [0.1, 0.15) is 0 Å². The number of carboxylic acids is 1. The van der Waals surface area contributed by atoms with Crippen LogP contribution in [0.3, 0.4) is 0 Å². The minimum Gasteiger partial charge on any atom is -0.477 e. The van der Waals surface area contributed by atoms with Crippen LogP contribution < -0.4 is 11.5 Å². The smallest absolute Gasteiger partial charge is 0.365 e. The molecule has 0 aromatic rings. The Labute approximate surface area is 117 Å². The van der Waals surface area contributed by atoms with Gasteiger partial charge in [0.15, 0.2) is 5.54 Å². The van der Waals surface area contributed by atoms with Gasteiger partial charge in [-0.25, -0.2) is 4.79 Å². The normalized spacial score (nSPS) is 18.1. The molecule has 1 unspecified atom stereocenters. The number of carboxylic acid groups (broad SMARTS) is 1. The van der Waals surface area contributed by atoms with Crippen molar-refractivity contribution in [1.82, 2.24) is 0 Å². The zero-order chi connectivity index (χ0) is 16.1. The molecule has 0 spiro atoms. The molecule has 0 aliphatic rings. The Morgan fingerprint density at radius 2 is 1.16 bits per heavy atom. The summed E-state index contributed by atoms with van der Waals surface area (Å²) in [5.41, 5.74) is 7.67. The Morgan fingerprint density at radius 1 is 0.842 bits per heavy atom. The van der Waals surface area contributed by atoms with Crippen LogP contribution in [0, 0.1) is 16.2 Å². The molecule has 0 aliphatic carbocycles. The Kier molecular flexibility index (Phi) is 4.31. The highest BCUT2D eigenvalue weighted by Gasteiger charge is 2.63. The molecular formula is C15H33N2O2+. The fourth-order valence-corrected chi connectivity index (χ4v) is 2.54. The largest absolute Gasteiger partial charge is 0.477 e. The Balaban J connectivity index is 5.99. The summed E-state index contributed by atoms with van der Waals surface area (Å²) in [6.07, 6.45) is 0. The standard InChI is InChI=1S/C15H32N2O2/c1-11(2,12(3,4)14(7,8)16)13(5,6)15(9,17)10(18)19/h16-17H2,1-9H3,(H,18,19)/p+1. The lowest BCUT2D eigenvalue weighted by Crippen LogP contribution is -2.84. The lowest BCUT2D eigenvalue weighted by atomic mass is 9.45. The van der Waals surface area contributed by atoms with Gasteiger partial charge in [0.2, 0.25) is 0 Å². The van der Waals surface area contributed by atoms with Crippen LogP contribution in [0.5, 0.6) is 0 Å². The van der Waals surface area contributed by atoms with Gasteiger partial charge >= 0.3 is 5.97 Å². The minimum absolute atomic E-state index is 0.266. The Bertz CT molecular complexity index is 361. The molecule has 0 aliphatic heterocycles. The molecule has 0 heterocycles. The third kappa shape index (κ3) is 2.40. The first-order valence-electron chi connectivity index (χ1n) is 6.82. The zero-order valence-corrected chi connectivity index (χ0v) is 14.1. The van der Waals surface area contributed by atoms with Gasteiger partial charge in [0.05, 0.1) is 0 Å². The monoisotopic (exact) mass is 273 g/mol. The fraction of sp³-hybridized carbons (Fsp3) is 0.933. The fourth-order valence-electron chi connectivity index (χ4n) is 2.54. The van der Waals surface area contributed by atoms with E-state index in [-0.39, 0.29) is 10.8 Å². The van der Waals surface area contributed by atoms with Crippen molar-refractivity contribution in [2.75, 3.05) is 0 Å². The van der Waals surface area contributed by atoms with E-state index in [1.54, 1.807) is 6.92 Å². The molecule has 0 saturated heterocycles. The van der Waals surface area contributed by atoms with E-state index in [4.69, 9.17) is 5.73 Å². The summed E-state index contributed by atoms with van der Waals surface area (Å²) < 4.78 is 0. The molecule has 0 amide bonds. The van der Waals surface area contributed by atoms with E-state index < -0.39 is 22.5 Å². The second-order valence-corrected chi connectivity index (χ2v) is 8.23. The first-order chi connectivity index (χ1) is 7.94. The number of hydrogen-bond acceptors (Lipinski definition) is 2. The van der Waals surface area contributed by atoms with Crippen LogP contribution in [-0.2, 0) is 4.79 Å². The average molecular weight is 273 g/mol. The Morgan fingerprint density at radius 3 is 1.37 bits per heavy atom. The molecule has 1 atom stereocenters. The molecule has 0 fully saturated rings. The summed E-state index contributed by atoms with van der Waals surface area (Å²) in [7, 11) is 0. The first kappa shape index (κ1) is 18.4. The van der Waals surface area contributed by atoms with Gasteiger partial charge in [0, 0.05) is 17.9 Å². The van der Waals surface area contributed by atoms with Gasteiger partial charge < -0.3 is 16.6 Å². The van der Waals surface area contributed by atoms with Crippen molar-refractivity contribution in [3.05, 3.63) is 0 Å². The molecular weight excluding hydrogens is 240 g/mol. The SMILES string of the molecule is CC(C)(N)C(C)(C)C(C)(C)C(C)(C)C(C)([NH3+])C(=O)O. The van der Waals surface area contributed by atoms with Crippen LogP contribution in [0.15, 0.2) is 0 Å². The predicted molar refractivity (Wildman–Crippen MR) is 78.5 cm³/mol. The third-order valence-corrected chi connectivity index (χ3v) is 6.59. The topological polar surface area (TPSA) is 91.0 Å². The number of hydrogen-bond donors (Lipinski definition) is 3. The lowest BCUT2D eigenvalue weighted by Gasteiger charge is -2.59. The van der Waals surface area contributed by atoms with Gasteiger partial charge in [-0.15, -0.1) is 0 Å². The molecule has 0 saturated carbocycles. The average Bonchev–Trinajstić information content (AvgIpc) is 2.14. The summed E-state index contributed by atoms with van der Waals surface area (Å²) in [6, 6.07) is 0. The van der Waals surface area contributed by atoms with Gasteiger partial charge in [-0.2, -0.15) is 0 Å². The molecule has 6 N–H and O–H groups in total. The summed E-state index contributed by atoms with van der Waals surface area (Å²) in [5.74, 6) is -0.879. The van der Waals surface area contributed by atoms with Crippen molar-refractivity contribution in [2.45, 2.75) is 73.4 Å². The molecule has 0 rings (SSSR count). The molecule has 19 heavy (non-hydrogen) atoms. The minimum atomic E-state index is -1.08. The maximum absolute atomic E-state index is 11.6. The van der Waals surface area contributed by atoms with Crippen LogP contribution >= 0.6 is 0 Å². The number of aliphatic carboxylic acids is 1. The quantitative estimate of drug-likeness (QED) is 0.714. The summed E-state index contributed by atoms with van der Waals surface area (Å²) in [6.45, 7) is 18.0. The van der Waals surface area contributed by atoms with Crippen molar-refractivity contribution in [3.63, 3.8) is 0 Å². The van der Waals surface area contributed by atoms with E-state index in [0.717, 1.165) is 0 Å². The van der Waals surface area contributed by atoms with Crippen LogP contribution in [0.2, 0.25) is 0 Å². The van der Waals surface area contributed by atoms with E-state index in [2.05, 4.69) is 33.4 Å². The van der Waals surface area contributed by atoms with E-state index in [1.807, 2.05) is 27.7 Å². The molecule has 0 aromatic carbocycles. The van der Waals surface area contributed by atoms with E-state index >= 15 is 0 Å². The molecule has 4 nitrogen and oxygen atoms in total. The highest BCUT2D eigenvalue weighted by atomic mass is 16.4. The third-order valence-electron chi connectivity index (χ3n) is 6.59. The van der Waals surface area contributed by atoms with Crippen molar-refractivity contribution >= 4 is 5.97 Å². The summed E-state index contributed by atoms with van der Waals surface area (Å²) in [4.78, 5) is 11.6. The van der Waals surface area contributed by atoms with Gasteiger partial charge in [-0.1, -0.05) is 41.5 Å². The maximum atomic E-state index is 11.6. The van der Waals surface area contributed by atoms with E-state index in [0.29, 0.717) is 0 Å². The van der Waals surface area contributed by atoms with Gasteiger partial charge in [-0.05, 0) is 24.7 Å². The molecule has 0 radical (unpaired) electrons. The lowest BCUT2D eigenvalue weighted by molar-refractivity contribution is -0.493. The highest BCUT2D eigenvalue weighted by Crippen LogP contribution is 2.58.